The summed E-state index contributed by atoms with van der Waals surface area (Å²) in [6.07, 6.45) is 13.4. The van der Waals surface area contributed by atoms with Crippen LogP contribution in [0.15, 0.2) is 0 Å². The summed E-state index contributed by atoms with van der Waals surface area (Å²) in [7, 11) is 0.602. The van der Waals surface area contributed by atoms with E-state index in [1.54, 1.807) is 0 Å². The molecule has 0 radical (unpaired) electrons. The van der Waals surface area contributed by atoms with Crippen LogP contribution < -0.4 is 0 Å². The van der Waals surface area contributed by atoms with Crippen LogP contribution in [0.5, 0.6) is 0 Å². The van der Waals surface area contributed by atoms with E-state index in [1.165, 1.54) is 38.5 Å². The minimum Gasteiger partial charge on any atom is -0.0836 e. The lowest BCUT2D eigenvalue weighted by atomic mass is 10.0. The van der Waals surface area contributed by atoms with Crippen LogP contribution in [0.25, 0.3) is 0 Å². The van der Waals surface area contributed by atoms with Gasteiger partial charge in [-0.05, 0) is 30.2 Å². The molecule has 1 rings (SSSR count). The molecule has 2 heteroatoms. The van der Waals surface area contributed by atoms with E-state index in [-0.39, 0.29) is 0 Å². The van der Waals surface area contributed by atoms with Crippen LogP contribution >= 0.6 is 15.9 Å². The van der Waals surface area contributed by atoms with E-state index in [0.29, 0.717) is 10.9 Å². The van der Waals surface area contributed by atoms with Gasteiger partial charge in [0, 0.05) is 0 Å². The highest BCUT2D eigenvalue weighted by atomic mass is 79.9. The van der Waals surface area contributed by atoms with Gasteiger partial charge in [-0.1, -0.05) is 35.2 Å². The molecule has 0 N–H and O–H groups in total. The smallest absolute Gasteiger partial charge is 0.0836 e. The molecular formula is C10H20BrS+. The third-order valence-electron chi connectivity index (χ3n) is 2.73. The van der Waals surface area contributed by atoms with Crippen molar-refractivity contribution in [1.29, 1.82) is 0 Å². The Labute approximate surface area is 88.0 Å². The number of hydrogen-bond donors (Lipinski definition) is 0. The summed E-state index contributed by atoms with van der Waals surface area (Å²) in [6, 6.07) is 0. The third kappa shape index (κ3) is 3.29. The molecule has 0 aromatic rings. The fourth-order valence-corrected chi connectivity index (χ4v) is 5.18. The molecule has 0 amide bonds. The van der Waals surface area contributed by atoms with Crippen molar-refractivity contribution in [2.75, 3.05) is 12.5 Å². The monoisotopic (exact) mass is 251 g/mol. The third-order valence-corrected chi connectivity index (χ3v) is 5.95. The topological polar surface area (TPSA) is 0 Å². The summed E-state index contributed by atoms with van der Waals surface area (Å²) in [4.78, 5) is 0.802. The van der Waals surface area contributed by atoms with Gasteiger partial charge in [0.15, 0.2) is 0 Å². The standard InChI is InChI=1S/C10H20BrS/c1-12(2)10-8-6-4-3-5-7-9(10)11/h9-10H,3-8H2,1-2H3/q+1. The Morgan fingerprint density at radius 3 is 2.17 bits per heavy atom. The van der Waals surface area contributed by atoms with Gasteiger partial charge >= 0.3 is 0 Å². The van der Waals surface area contributed by atoms with Crippen molar-refractivity contribution in [3.05, 3.63) is 0 Å². The van der Waals surface area contributed by atoms with E-state index < -0.39 is 0 Å². The quantitative estimate of drug-likeness (QED) is 0.496. The maximum Gasteiger partial charge on any atom is 0.130 e. The summed E-state index contributed by atoms with van der Waals surface area (Å²) in [5.74, 6) is 0. The Bertz CT molecular complexity index is 125. The molecule has 1 saturated carbocycles. The molecule has 0 aromatic heterocycles. The predicted molar refractivity (Wildman–Crippen MR) is 63.4 cm³/mol. The van der Waals surface area contributed by atoms with Gasteiger partial charge in [-0.15, -0.1) is 0 Å². The second-order valence-electron chi connectivity index (χ2n) is 3.93. The zero-order valence-corrected chi connectivity index (χ0v) is 10.6. The Morgan fingerprint density at radius 2 is 1.58 bits per heavy atom. The van der Waals surface area contributed by atoms with Gasteiger partial charge in [-0.25, -0.2) is 0 Å². The molecule has 0 aromatic carbocycles. The van der Waals surface area contributed by atoms with Crippen molar-refractivity contribution in [1.82, 2.24) is 0 Å². The van der Waals surface area contributed by atoms with Gasteiger partial charge in [0.1, 0.15) is 5.25 Å². The van der Waals surface area contributed by atoms with E-state index in [4.69, 9.17) is 0 Å². The lowest BCUT2D eigenvalue weighted by Crippen LogP contribution is -2.29. The van der Waals surface area contributed by atoms with Gasteiger partial charge < -0.3 is 0 Å². The molecular weight excluding hydrogens is 232 g/mol. The fraction of sp³-hybridized carbons (Fsp3) is 1.00. The van der Waals surface area contributed by atoms with Crippen LogP contribution in [0.3, 0.4) is 0 Å². The summed E-state index contributed by atoms with van der Waals surface area (Å²) in [5, 5.41) is 0.949. The van der Waals surface area contributed by atoms with Gasteiger partial charge in [-0.2, -0.15) is 0 Å². The Morgan fingerprint density at radius 1 is 1.00 bits per heavy atom. The summed E-state index contributed by atoms with van der Waals surface area (Å²) < 4.78 is 0. The zero-order chi connectivity index (χ0) is 8.97. The highest BCUT2D eigenvalue weighted by Crippen LogP contribution is 2.27. The summed E-state index contributed by atoms with van der Waals surface area (Å²) in [5.41, 5.74) is 0. The first-order chi connectivity index (χ1) is 5.72. The van der Waals surface area contributed by atoms with Crippen molar-refractivity contribution in [2.24, 2.45) is 0 Å². The van der Waals surface area contributed by atoms with Gasteiger partial charge in [0.25, 0.3) is 0 Å². The van der Waals surface area contributed by atoms with Crippen molar-refractivity contribution in [3.8, 4) is 0 Å². The molecule has 1 fully saturated rings. The van der Waals surface area contributed by atoms with Crippen LogP contribution in [-0.2, 0) is 10.9 Å². The Hall–Kier alpha value is 0.830. The van der Waals surface area contributed by atoms with E-state index in [2.05, 4.69) is 28.4 Å². The molecule has 12 heavy (non-hydrogen) atoms. The number of alkyl halides is 1. The molecule has 1 aliphatic rings. The van der Waals surface area contributed by atoms with Crippen molar-refractivity contribution < 1.29 is 0 Å². The Kier molecular flexibility index (Phi) is 5.03. The predicted octanol–water partition coefficient (Wildman–Crippen LogP) is 3.35. The first kappa shape index (κ1) is 10.9. The first-order valence-electron chi connectivity index (χ1n) is 4.92. The molecule has 2 unspecified atom stereocenters. The largest absolute Gasteiger partial charge is 0.130 e. The normalized spacial score (nSPS) is 33.0. The lowest BCUT2D eigenvalue weighted by molar-refractivity contribution is 0.524. The van der Waals surface area contributed by atoms with Crippen LogP contribution in [0.1, 0.15) is 38.5 Å². The molecule has 1 aliphatic carbocycles. The van der Waals surface area contributed by atoms with Crippen molar-refractivity contribution in [3.63, 3.8) is 0 Å². The first-order valence-corrected chi connectivity index (χ1v) is 7.94. The lowest BCUT2D eigenvalue weighted by Gasteiger charge is -2.21. The average Bonchev–Trinajstić information content (AvgIpc) is 1.96. The van der Waals surface area contributed by atoms with E-state index in [0.717, 1.165) is 10.1 Å². The molecule has 0 nitrogen and oxygen atoms in total. The van der Waals surface area contributed by atoms with Gasteiger partial charge in [0.2, 0.25) is 0 Å². The molecule has 72 valence electrons. The van der Waals surface area contributed by atoms with E-state index >= 15 is 0 Å². The Balaban J connectivity index is 2.43. The number of rotatable bonds is 1. The highest BCUT2D eigenvalue weighted by Gasteiger charge is 2.29. The maximum absolute atomic E-state index is 3.85. The van der Waals surface area contributed by atoms with Crippen molar-refractivity contribution in [2.45, 2.75) is 48.6 Å². The van der Waals surface area contributed by atoms with E-state index in [9.17, 15) is 0 Å². The molecule has 0 heterocycles. The van der Waals surface area contributed by atoms with Crippen LogP contribution in [0.4, 0.5) is 0 Å². The van der Waals surface area contributed by atoms with Gasteiger partial charge in [-0.3, -0.25) is 0 Å². The maximum atomic E-state index is 3.85. The summed E-state index contributed by atoms with van der Waals surface area (Å²) in [6.45, 7) is 0. The molecule has 0 saturated heterocycles. The zero-order valence-electron chi connectivity index (χ0n) is 8.18. The molecule has 0 spiro atoms. The number of hydrogen-bond acceptors (Lipinski definition) is 0. The SMILES string of the molecule is C[S+](C)C1CCCCCCC1Br. The highest BCUT2D eigenvalue weighted by molar-refractivity contribution is 9.09. The fourth-order valence-electron chi connectivity index (χ4n) is 1.94. The summed E-state index contributed by atoms with van der Waals surface area (Å²) >= 11 is 3.85. The van der Waals surface area contributed by atoms with Crippen LogP contribution in [0.2, 0.25) is 0 Å². The van der Waals surface area contributed by atoms with Gasteiger partial charge in [0.05, 0.1) is 17.3 Å². The molecule has 2 atom stereocenters. The second-order valence-corrected chi connectivity index (χ2v) is 7.47. The minimum absolute atomic E-state index is 0.602. The van der Waals surface area contributed by atoms with Crippen LogP contribution in [0, 0.1) is 0 Å². The minimum atomic E-state index is 0.602. The number of halogens is 1. The van der Waals surface area contributed by atoms with Crippen molar-refractivity contribution >= 4 is 26.8 Å². The van der Waals surface area contributed by atoms with Crippen LogP contribution in [-0.4, -0.2) is 22.6 Å². The molecule has 0 bridgehead atoms. The average molecular weight is 252 g/mol. The molecule has 0 aliphatic heterocycles. The van der Waals surface area contributed by atoms with E-state index in [1.807, 2.05) is 0 Å². The second kappa shape index (κ2) is 5.54.